The van der Waals surface area contributed by atoms with Crippen LogP contribution in [0.4, 0.5) is 13.2 Å². The minimum Gasteiger partial charge on any atom is -0.504 e. The van der Waals surface area contributed by atoms with Crippen LogP contribution in [0.5, 0.6) is 11.5 Å². The highest BCUT2D eigenvalue weighted by Gasteiger charge is 2.47. The number of hydrogen-bond donors (Lipinski definition) is 4. The highest BCUT2D eigenvalue weighted by atomic mass is 32.2. The number of alkyl halides is 3. The zero-order valence-corrected chi connectivity index (χ0v) is 10.9. The summed E-state index contributed by atoms with van der Waals surface area (Å²) in [6.07, 6.45) is -0.654. The fourth-order valence-electron chi connectivity index (χ4n) is 1.37. The molecule has 1 aromatic carbocycles. The number of phenolic OH excluding ortho intramolecular Hbond substituents is 2. The van der Waals surface area contributed by atoms with Crippen LogP contribution in [-0.2, 0) is 21.2 Å². The van der Waals surface area contributed by atoms with Crippen molar-refractivity contribution in [1.29, 1.82) is 0 Å². The molecular formula is C10H10F3NO6S. The highest BCUT2D eigenvalue weighted by Crippen LogP contribution is 2.26. The van der Waals surface area contributed by atoms with Crippen molar-refractivity contribution in [2.75, 3.05) is 0 Å². The molecule has 0 amide bonds. The smallest absolute Gasteiger partial charge is 0.504 e. The Bertz CT molecular complexity index is 643. The Balaban J connectivity index is 2.99. The zero-order valence-electron chi connectivity index (χ0n) is 10.1. The summed E-state index contributed by atoms with van der Waals surface area (Å²) in [6, 6.07) is 0.947. The number of aliphatic carboxylic acids is 1. The fourth-order valence-corrected chi connectivity index (χ4v) is 2.06. The molecule has 1 unspecified atom stereocenters. The third-order valence-corrected chi connectivity index (χ3v) is 3.58. The molecule has 4 N–H and O–H groups in total. The maximum atomic E-state index is 12.2. The molecule has 0 aliphatic rings. The number of phenols is 2. The number of carboxylic acid groups (broad SMARTS) is 1. The van der Waals surface area contributed by atoms with Crippen LogP contribution >= 0.6 is 0 Å². The molecule has 0 bridgehead atoms. The lowest BCUT2D eigenvalue weighted by atomic mass is 10.1. The Labute approximate surface area is 116 Å². The molecule has 0 fully saturated rings. The van der Waals surface area contributed by atoms with E-state index in [2.05, 4.69) is 0 Å². The van der Waals surface area contributed by atoms with Gasteiger partial charge in [-0.2, -0.15) is 17.9 Å². The first-order chi connectivity index (χ1) is 9.44. The Kier molecular flexibility index (Phi) is 4.69. The van der Waals surface area contributed by atoms with Gasteiger partial charge < -0.3 is 15.3 Å². The van der Waals surface area contributed by atoms with E-state index in [4.69, 9.17) is 10.2 Å². The first-order valence-electron chi connectivity index (χ1n) is 5.26. The first kappa shape index (κ1) is 17.0. The molecule has 0 saturated carbocycles. The summed E-state index contributed by atoms with van der Waals surface area (Å²) < 4.78 is 59.4. The molecule has 7 nitrogen and oxygen atoms in total. The summed E-state index contributed by atoms with van der Waals surface area (Å²) in [7, 11) is -5.82. The van der Waals surface area contributed by atoms with Gasteiger partial charge >= 0.3 is 21.5 Å². The Morgan fingerprint density at radius 3 is 2.24 bits per heavy atom. The average Bonchev–Trinajstić information content (AvgIpc) is 2.31. The Morgan fingerprint density at radius 1 is 1.24 bits per heavy atom. The maximum absolute atomic E-state index is 12.2. The third kappa shape index (κ3) is 4.23. The molecule has 1 atom stereocenters. The van der Waals surface area contributed by atoms with Crippen molar-refractivity contribution in [3.8, 4) is 11.5 Å². The minimum absolute atomic E-state index is 0.0163. The summed E-state index contributed by atoms with van der Waals surface area (Å²) in [5, 5.41) is 27.0. The van der Waals surface area contributed by atoms with Gasteiger partial charge in [-0.15, -0.1) is 0 Å². The molecule has 0 radical (unpaired) electrons. The molecule has 21 heavy (non-hydrogen) atoms. The lowest BCUT2D eigenvalue weighted by molar-refractivity contribution is -0.139. The Morgan fingerprint density at radius 2 is 1.81 bits per heavy atom. The molecule has 0 aliphatic carbocycles. The summed E-state index contributed by atoms with van der Waals surface area (Å²) in [5.74, 6) is -2.95. The molecular weight excluding hydrogens is 319 g/mol. The van der Waals surface area contributed by atoms with Crippen molar-refractivity contribution in [3.05, 3.63) is 23.8 Å². The quantitative estimate of drug-likeness (QED) is 0.584. The molecule has 0 spiro atoms. The van der Waals surface area contributed by atoms with Gasteiger partial charge in [0.15, 0.2) is 11.5 Å². The highest BCUT2D eigenvalue weighted by molar-refractivity contribution is 7.90. The van der Waals surface area contributed by atoms with Crippen molar-refractivity contribution in [2.45, 2.75) is 18.0 Å². The summed E-state index contributed by atoms with van der Waals surface area (Å²) in [6.45, 7) is 0. The van der Waals surface area contributed by atoms with E-state index in [-0.39, 0.29) is 5.56 Å². The van der Waals surface area contributed by atoms with Crippen molar-refractivity contribution in [1.82, 2.24) is 4.72 Å². The van der Waals surface area contributed by atoms with Crippen LogP contribution in [0.25, 0.3) is 0 Å². The SMILES string of the molecule is O=C(O)C(Cc1ccc(O)c(O)c1)NS(=O)(=O)C(F)(F)F. The van der Waals surface area contributed by atoms with Gasteiger partial charge in [-0.1, -0.05) is 6.07 Å². The van der Waals surface area contributed by atoms with Crippen LogP contribution in [0, 0.1) is 0 Å². The predicted octanol–water partition coefficient (Wildman–Crippen LogP) is 0.533. The maximum Gasteiger partial charge on any atom is 0.511 e. The van der Waals surface area contributed by atoms with Gasteiger partial charge in [0.05, 0.1) is 0 Å². The average molecular weight is 329 g/mol. The Hall–Kier alpha value is -2.01. The van der Waals surface area contributed by atoms with Gasteiger partial charge in [-0.3, -0.25) is 4.79 Å². The number of sulfonamides is 1. The number of benzene rings is 1. The van der Waals surface area contributed by atoms with Crippen LogP contribution in [-0.4, -0.2) is 41.3 Å². The second-order valence-electron chi connectivity index (χ2n) is 3.99. The largest absolute Gasteiger partial charge is 0.511 e. The normalized spacial score (nSPS) is 13.9. The molecule has 0 aliphatic heterocycles. The zero-order chi connectivity index (χ0) is 16.4. The van der Waals surface area contributed by atoms with Crippen LogP contribution in [0.15, 0.2) is 18.2 Å². The van der Waals surface area contributed by atoms with Gasteiger partial charge in [0, 0.05) is 0 Å². The van der Waals surface area contributed by atoms with E-state index in [0.29, 0.717) is 0 Å². The predicted molar refractivity (Wildman–Crippen MR) is 63.0 cm³/mol. The summed E-state index contributed by atoms with van der Waals surface area (Å²) in [5.41, 5.74) is -5.62. The van der Waals surface area contributed by atoms with Crippen LogP contribution in [0.2, 0.25) is 0 Å². The number of nitrogens with one attached hydrogen (secondary N) is 1. The molecule has 1 aromatic rings. The van der Waals surface area contributed by atoms with Gasteiger partial charge in [0.1, 0.15) is 6.04 Å². The van der Waals surface area contributed by atoms with E-state index in [1.165, 1.54) is 0 Å². The number of hydrogen-bond acceptors (Lipinski definition) is 5. The molecule has 0 saturated heterocycles. The number of carboxylic acids is 1. The molecule has 0 aromatic heterocycles. The van der Waals surface area contributed by atoms with E-state index in [9.17, 15) is 31.5 Å². The van der Waals surface area contributed by atoms with Crippen LogP contribution in [0.1, 0.15) is 5.56 Å². The number of carbonyl (C=O) groups is 1. The van der Waals surface area contributed by atoms with E-state index in [1.54, 1.807) is 0 Å². The number of halogens is 3. The van der Waals surface area contributed by atoms with Crippen molar-refractivity contribution in [2.24, 2.45) is 0 Å². The second-order valence-corrected chi connectivity index (χ2v) is 5.69. The van der Waals surface area contributed by atoms with Crippen molar-refractivity contribution in [3.63, 3.8) is 0 Å². The second kappa shape index (κ2) is 5.77. The molecule has 1 rings (SSSR count). The van der Waals surface area contributed by atoms with Crippen LogP contribution in [0.3, 0.4) is 0 Å². The summed E-state index contributed by atoms with van der Waals surface area (Å²) in [4.78, 5) is 10.9. The minimum atomic E-state index is -5.82. The van der Waals surface area contributed by atoms with E-state index >= 15 is 0 Å². The van der Waals surface area contributed by atoms with Gasteiger partial charge in [-0.25, -0.2) is 8.42 Å². The van der Waals surface area contributed by atoms with E-state index in [1.807, 2.05) is 0 Å². The van der Waals surface area contributed by atoms with Crippen LogP contribution < -0.4 is 4.72 Å². The molecule has 0 heterocycles. The lowest BCUT2D eigenvalue weighted by Gasteiger charge is -2.16. The van der Waals surface area contributed by atoms with Gasteiger partial charge in [0.25, 0.3) is 0 Å². The monoisotopic (exact) mass is 329 g/mol. The molecule has 118 valence electrons. The topological polar surface area (TPSA) is 124 Å². The van der Waals surface area contributed by atoms with Gasteiger partial charge in [-0.05, 0) is 24.1 Å². The first-order valence-corrected chi connectivity index (χ1v) is 6.74. The molecule has 11 heteroatoms. The van der Waals surface area contributed by atoms with Crippen molar-refractivity contribution < 1.29 is 41.7 Å². The number of rotatable bonds is 5. The van der Waals surface area contributed by atoms with E-state index < -0.39 is 45.5 Å². The van der Waals surface area contributed by atoms with Crippen molar-refractivity contribution >= 4 is 16.0 Å². The standard InChI is InChI=1S/C10H10F3NO6S/c11-10(12,13)21(19,20)14-6(9(17)18)3-5-1-2-7(15)8(16)4-5/h1-2,4,6,14-16H,3H2,(H,17,18). The third-order valence-electron chi connectivity index (χ3n) is 2.38. The lowest BCUT2D eigenvalue weighted by Crippen LogP contribution is -2.47. The fraction of sp³-hybridized carbons (Fsp3) is 0.300. The summed E-state index contributed by atoms with van der Waals surface area (Å²) >= 11 is 0. The van der Waals surface area contributed by atoms with Gasteiger partial charge in [0.2, 0.25) is 0 Å². The number of aromatic hydroxyl groups is 2. The van der Waals surface area contributed by atoms with E-state index in [0.717, 1.165) is 22.9 Å².